The Balaban J connectivity index is 2.71. The summed E-state index contributed by atoms with van der Waals surface area (Å²) in [4.78, 5) is 10.1. The molecule has 0 spiro atoms. The van der Waals surface area contributed by atoms with Crippen LogP contribution in [-0.4, -0.2) is 4.92 Å². The molecule has 0 atom stereocenters. The van der Waals surface area contributed by atoms with Gasteiger partial charge in [0.2, 0.25) is 6.20 Å². The van der Waals surface area contributed by atoms with Crippen LogP contribution in [0.1, 0.15) is 4.88 Å². The van der Waals surface area contributed by atoms with Crippen LogP contribution in [0.25, 0.3) is 6.08 Å². The van der Waals surface area contributed by atoms with E-state index in [0.717, 1.165) is 11.1 Å². The van der Waals surface area contributed by atoms with Crippen molar-refractivity contribution in [1.29, 1.82) is 0 Å². The third-order valence-electron chi connectivity index (χ3n) is 0.948. The fourth-order valence-electron chi connectivity index (χ4n) is 0.550. The van der Waals surface area contributed by atoms with Gasteiger partial charge in [0.05, 0.1) is 9.95 Å². The second kappa shape index (κ2) is 3.50. The van der Waals surface area contributed by atoms with E-state index in [2.05, 4.69) is 0 Å². The zero-order valence-corrected chi connectivity index (χ0v) is 6.93. The van der Waals surface area contributed by atoms with Gasteiger partial charge in [-0.2, -0.15) is 0 Å². The van der Waals surface area contributed by atoms with Crippen LogP contribution in [-0.2, 0) is 0 Å². The van der Waals surface area contributed by atoms with Crippen LogP contribution in [0.3, 0.4) is 0 Å². The molecule has 5 heteroatoms. The Morgan fingerprint density at radius 3 is 2.91 bits per heavy atom. The molecule has 0 amide bonds. The summed E-state index contributed by atoms with van der Waals surface area (Å²) in [6.45, 7) is 0. The van der Waals surface area contributed by atoms with E-state index in [1.165, 1.54) is 17.4 Å². The van der Waals surface area contributed by atoms with Gasteiger partial charge >= 0.3 is 0 Å². The molecule has 0 bridgehead atoms. The van der Waals surface area contributed by atoms with E-state index in [0.29, 0.717) is 5.02 Å². The lowest BCUT2D eigenvalue weighted by Gasteiger charge is -1.77. The molecule has 0 aliphatic heterocycles. The minimum Gasteiger partial charge on any atom is -0.259 e. The van der Waals surface area contributed by atoms with Crippen LogP contribution in [0.2, 0.25) is 5.02 Å². The minimum absolute atomic E-state index is 0.506. The number of nitrogens with zero attached hydrogens (tertiary/aromatic N) is 1. The Hall–Kier alpha value is -0.870. The van der Waals surface area contributed by atoms with Crippen molar-refractivity contribution in [3.05, 3.63) is 37.7 Å². The maximum absolute atomic E-state index is 9.87. The fraction of sp³-hybridized carbons (Fsp3) is 0. The smallest absolute Gasteiger partial charge is 0.235 e. The normalized spacial score (nSPS) is 10.6. The van der Waals surface area contributed by atoms with Gasteiger partial charge in [-0.25, -0.2) is 0 Å². The van der Waals surface area contributed by atoms with Gasteiger partial charge in [-0.1, -0.05) is 11.6 Å². The third-order valence-corrected chi connectivity index (χ3v) is 2.19. The van der Waals surface area contributed by atoms with Crippen LogP contribution >= 0.6 is 22.9 Å². The predicted molar refractivity (Wildman–Crippen MR) is 45.4 cm³/mol. The van der Waals surface area contributed by atoms with E-state index in [1.54, 1.807) is 11.4 Å². The second-order valence-corrected chi connectivity index (χ2v) is 3.15. The van der Waals surface area contributed by atoms with E-state index in [1.807, 2.05) is 0 Å². The van der Waals surface area contributed by atoms with Gasteiger partial charge in [0.15, 0.2) is 0 Å². The molecular formula is C6H4ClNO2S. The molecule has 0 aliphatic rings. The molecule has 0 aliphatic carbocycles. The number of halogens is 1. The molecule has 1 rings (SSSR count). The quantitative estimate of drug-likeness (QED) is 0.530. The lowest BCUT2D eigenvalue weighted by molar-refractivity contribution is -0.400. The van der Waals surface area contributed by atoms with Crippen molar-refractivity contribution in [3.8, 4) is 0 Å². The molecule has 0 fully saturated rings. The molecule has 1 aromatic heterocycles. The van der Waals surface area contributed by atoms with Crippen LogP contribution in [0.4, 0.5) is 0 Å². The molecule has 0 saturated heterocycles. The van der Waals surface area contributed by atoms with Crippen LogP contribution in [0.15, 0.2) is 17.6 Å². The number of thiophene rings is 1. The first-order valence-corrected chi connectivity index (χ1v) is 4.00. The van der Waals surface area contributed by atoms with Crippen molar-refractivity contribution < 1.29 is 4.92 Å². The van der Waals surface area contributed by atoms with Crippen LogP contribution < -0.4 is 0 Å². The monoisotopic (exact) mass is 189 g/mol. The summed E-state index contributed by atoms with van der Waals surface area (Å²) in [5.41, 5.74) is 0. The number of rotatable bonds is 2. The zero-order valence-electron chi connectivity index (χ0n) is 5.36. The molecular weight excluding hydrogens is 186 g/mol. The van der Waals surface area contributed by atoms with Gasteiger partial charge in [-0.05, 0) is 6.07 Å². The van der Waals surface area contributed by atoms with Crippen molar-refractivity contribution in [2.24, 2.45) is 0 Å². The van der Waals surface area contributed by atoms with Crippen molar-refractivity contribution >= 4 is 29.0 Å². The highest BCUT2D eigenvalue weighted by molar-refractivity contribution is 7.11. The summed E-state index contributed by atoms with van der Waals surface area (Å²) in [7, 11) is 0. The first-order valence-electron chi connectivity index (χ1n) is 2.74. The molecule has 0 aromatic carbocycles. The topological polar surface area (TPSA) is 43.1 Å². The van der Waals surface area contributed by atoms with Crippen LogP contribution in [0, 0.1) is 10.1 Å². The van der Waals surface area contributed by atoms with E-state index in [9.17, 15) is 10.1 Å². The van der Waals surface area contributed by atoms with Gasteiger partial charge in [-0.15, -0.1) is 11.3 Å². The van der Waals surface area contributed by atoms with Crippen molar-refractivity contribution in [3.63, 3.8) is 0 Å². The molecule has 1 heterocycles. The predicted octanol–water partition coefficient (Wildman–Crippen LogP) is 2.65. The first kappa shape index (κ1) is 8.23. The molecule has 0 radical (unpaired) electrons. The molecule has 0 N–H and O–H groups in total. The molecule has 11 heavy (non-hydrogen) atoms. The lowest BCUT2D eigenvalue weighted by Crippen LogP contribution is -1.80. The third kappa shape index (κ3) is 2.69. The first-order chi connectivity index (χ1) is 5.18. The molecule has 1 aromatic rings. The fourth-order valence-corrected chi connectivity index (χ4v) is 1.52. The maximum Gasteiger partial charge on any atom is 0.235 e. The highest BCUT2D eigenvalue weighted by Crippen LogP contribution is 2.19. The van der Waals surface area contributed by atoms with E-state index in [4.69, 9.17) is 11.6 Å². The molecule has 58 valence electrons. The average Bonchev–Trinajstić information content (AvgIpc) is 2.31. The van der Waals surface area contributed by atoms with Gasteiger partial charge in [-0.3, -0.25) is 10.1 Å². The summed E-state index contributed by atoms with van der Waals surface area (Å²) in [5.74, 6) is 0. The summed E-state index contributed by atoms with van der Waals surface area (Å²) in [6.07, 6.45) is 2.30. The average molecular weight is 190 g/mol. The summed E-state index contributed by atoms with van der Waals surface area (Å²) >= 11 is 6.95. The van der Waals surface area contributed by atoms with Gasteiger partial charge in [0.1, 0.15) is 0 Å². The van der Waals surface area contributed by atoms with Gasteiger partial charge < -0.3 is 0 Å². The lowest BCUT2D eigenvalue weighted by atomic mass is 10.4. The van der Waals surface area contributed by atoms with Gasteiger partial charge in [0, 0.05) is 16.3 Å². The standard InChI is InChI=1S/C6H4ClNO2S/c7-5-3-6(11-4-5)1-2-8(9)10/h1-4H. The largest absolute Gasteiger partial charge is 0.259 e. The number of hydrogen-bond acceptors (Lipinski definition) is 3. The number of nitro groups is 1. The van der Waals surface area contributed by atoms with Crippen molar-refractivity contribution in [2.75, 3.05) is 0 Å². The molecule has 0 saturated carbocycles. The summed E-state index contributed by atoms with van der Waals surface area (Å²) < 4.78 is 0. The maximum atomic E-state index is 9.87. The highest BCUT2D eigenvalue weighted by atomic mass is 35.5. The van der Waals surface area contributed by atoms with E-state index >= 15 is 0 Å². The SMILES string of the molecule is O=[N+]([O-])C=Cc1cc(Cl)cs1. The Kier molecular flexibility index (Phi) is 2.62. The highest BCUT2D eigenvalue weighted by Gasteiger charge is 1.94. The van der Waals surface area contributed by atoms with Gasteiger partial charge in [0.25, 0.3) is 0 Å². The zero-order chi connectivity index (χ0) is 8.27. The summed E-state index contributed by atoms with van der Waals surface area (Å²) in [5, 5.41) is 12.2. The van der Waals surface area contributed by atoms with E-state index in [-0.39, 0.29) is 0 Å². The molecule has 0 unspecified atom stereocenters. The van der Waals surface area contributed by atoms with Crippen molar-refractivity contribution in [1.82, 2.24) is 0 Å². The Morgan fingerprint density at radius 1 is 1.73 bits per heavy atom. The van der Waals surface area contributed by atoms with Crippen molar-refractivity contribution in [2.45, 2.75) is 0 Å². The number of hydrogen-bond donors (Lipinski definition) is 0. The Morgan fingerprint density at radius 2 is 2.45 bits per heavy atom. The second-order valence-electron chi connectivity index (χ2n) is 1.77. The minimum atomic E-state index is -0.506. The Labute approximate surface area is 72.1 Å². The Bertz CT molecular complexity index is 295. The van der Waals surface area contributed by atoms with Crippen LogP contribution in [0.5, 0.6) is 0 Å². The van der Waals surface area contributed by atoms with E-state index < -0.39 is 4.92 Å². The molecule has 3 nitrogen and oxygen atoms in total. The summed E-state index contributed by atoms with van der Waals surface area (Å²) in [6, 6.07) is 1.67.